The van der Waals surface area contributed by atoms with Crippen molar-refractivity contribution in [3.63, 3.8) is 0 Å². The van der Waals surface area contributed by atoms with Gasteiger partial charge in [-0.2, -0.15) is 5.10 Å². The fourth-order valence-electron chi connectivity index (χ4n) is 2.04. The summed E-state index contributed by atoms with van der Waals surface area (Å²) in [5, 5.41) is 4.26. The van der Waals surface area contributed by atoms with Gasteiger partial charge in [0.05, 0.1) is 17.1 Å². The molecule has 0 saturated carbocycles. The Balaban J connectivity index is 2.34. The zero-order valence-corrected chi connectivity index (χ0v) is 13.4. The molecule has 0 bridgehead atoms. The first-order valence-electron chi connectivity index (χ1n) is 6.57. The molecule has 0 aliphatic carbocycles. The van der Waals surface area contributed by atoms with E-state index in [-0.39, 0.29) is 10.9 Å². The number of hydrogen-bond donors (Lipinski definition) is 1. The van der Waals surface area contributed by atoms with E-state index in [0.717, 1.165) is 11.1 Å². The molecule has 2 aromatic rings. The molecule has 0 aliphatic heterocycles. The van der Waals surface area contributed by atoms with E-state index < -0.39 is 10.0 Å². The molecule has 114 valence electrons. The van der Waals surface area contributed by atoms with Gasteiger partial charge in [0.2, 0.25) is 10.0 Å². The van der Waals surface area contributed by atoms with Crippen molar-refractivity contribution in [2.45, 2.75) is 24.8 Å². The summed E-state index contributed by atoms with van der Waals surface area (Å²) in [5.74, 6) is 0.618. The minimum absolute atomic E-state index is 0.0604. The quantitative estimate of drug-likeness (QED) is 0.931. The highest BCUT2D eigenvalue weighted by Crippen LogP contribution is 2.24. The molecule has 1 aromatic heterocycles. The third-order valence-electron chi connectivity index (χ3n) is 3.53. The van der Waals surface area contributed by atoms with Crippen LogP contribution in [0.4, 0.5) is 5.82 Å². The van der Waals surface area contributed by atoms with Crippen molar-refractivity contribution >= 4 is 15.8 Å². The maximum absolute atomic E-state index is 12.0. The second kappa shape index (κ2) is 5.50. The van der Waals surface area contributed by atoms with Gasteiger partial charge in [0.25, 0.3) is 0 Å². The average Bonchev–Trinajstić information content (AvgIpc) is 2.78. The van der Waals surface area contributed by atoms with Gasteiger partial charge in [0.1, 0.15) is 5.82 Å². The van der Waals surface area contributed by atoms with Gasteiger partial charge in [-0.3, -0.25) is 0 Å². The van der Waals surface area contributed by atoms with E-state index >= 15 is 0 Å². The molecule has 0 aliphatic rings. The molecule has 6 nitrogen and oxygen atoms in total. The number of sulfonamides is 1. The van der Waals surface area contributed by atoms with E-state index in [4.69, 9.17) is 5.73 Å². The van der Waals surface area contributed by atoms with Crippen LogP contribution >= 0.6 is 0 Å². The summed E-state index contributed by atoms with van der Waals surface area (Å²) >= 11 is 0. The van der Waals surface area contributed by atoms with Gasteiger partial charge < -0.3 is 5.73 Å². The number of rotatable bonds is 4. The summed E-state index contributed by atoms with van der Waals surface area (Å²) in [5.41, 5.74) is 7.85. The molecule has 1 aromatic carbocycles. The van der Waals surface area contributed by atoms with Crippen LogP contribution in [-0.2, 0) is 10.0 Å². The largest absolute Gasteiger partial charge is 0.384 e. The van der Waals surface area contributed by atoms with Crippen molar-refractivity contribution in [2.24, 2.45) is 0 Å². The van der Waals surface area contributed by atoms with E-state index in [1.807, 2.05) is 13.8 Å². The first-order valence-corrected chi connectivity index (χ1v) is 8.01. The molecule has 21 heavy (non-hydrogen) atoms. The summed E-state index contributed by atoms with van der Waals surface area (Å²) < 4.78 is 27.0. The van der Waals surface area contributed by atoms with Gasteiger partial charge in [-0.25, -0.2) is 17.4 Å². The molecule has 0 amide bonds. The van der Waals surface area contributed by atoms with Gasteiger partial charge in [-0.15, -0.1) is 0 Å². The fourth-order valence-corrected chi connectivity index (χ4v) is 2.94. The number of aromatic nitrogens is 2. The second-order valence-corrected chi connectivity index (χ2v) is 7.34. The Kier molecular flexibility index (Phi) is 4.06. The molecule has 2 N–H and O–H groups in total. The summed E-state index contributed by atoms with van der Waals surface area (Å²) in [7, 11) is -0.376. The molecular formula is C14H20N4O2S. The molecule has 0 saturated heterocycles. The number of anilines is 1. The number of nitrogen functional groups attached to an aromatic ring is 1. The van der Waals surface area contributed by atoms with Crippen LogP contribution in [0.15, 0.2) is 35.4 Å². The Morgan fingerprint density at radius 1 is 1.24 bits per heavy atom. The first kappa shape index (κ1) is 15.5. The minimum atomic E-state index is -3.40. The van der Waals surface area contributed by atoms with Gasteiger partial charge in [0, 0.05) is 19.7 Å². The number of hydrogen-bond acceptors (Lipinski definition) is 4. The van der Waals surface area contributed by atoms with Crippen LogP contribution in [0.3, 0.4) is 0 Å². The summed E-state index contributed by atoms with van der Waals surface area (Å²) in [6.07, 6.45) is 1.72. The van der Waals surface area contributed by atoms with Crippen LogP contribution in [0.1, 0.15) is 24.1 Å². The van der Waals surface area contributed by atoms with Gasteiger partial charge in [0.15, 0.2) is 0 Å². The van der Waals surface area contributed by atoms with E-state index in [0.29, 0.717) is 5.82 Å². The van der Waals surface area contributed by atoms with E-state index in [1.54, 1.807) is 35.1 Å². The standard InChI is InChI=1S/C14H20N4O2S/c1-10-9-16-18(14(10)15)11(2)12-5-7-13(8-6-12)21(19,20)17(3)4/h5-9,11H,15H2,1-4H3. The highest BCUT2D eigenvalue weighted by Gasteiger charge is 2.18. The van der Waals surface area contributed by atoms with Crippen molar-refractivity contribution in [1.29, 1.82) is 0 Å². The molecule has 1 heterocycles. The molecule has 7 heteroatoms. The van der Waals surface area contributed by atoms with Gasteiger partial charge in [-0.1, -0.05) is 12.1 Å². The number of nitrogens with zero attached hydrogens (tertiary/aromatic N) is 3. The molecule has 1 atom stereocenters. The third kappa shape index (κ3) is 2.79. The van der Waals surface area contributed by atoms with E-state index in [1.165, 1.54) is 18.4 Å². The normalized spacial score (nSPS) is 13.6. The van der Waals surface area contributed by atoms with Crippen molar-refractivity contribution < 1.29 is 8.42 Å². The Morgan fingerprint density at radius 3 is 2.24 bits per heavy atom. The zero-order chi connectivity index (χ0) is 15.8. The van der Waals surface area contributed by atoms with Crippen molar-refractivity contribution in [1.82, 2.24) is 14.1 Å². The summed E-state index contributed by atoms with van der Waals surface area (Å²) in [6, 6.07) is 6.73. The van der Waals surface area contributed by atoms with Crippen LogP contribution in [0, 0.1) is 6.92 Å². The predicted molar refractivity (Wildman–Crippen MR) is 82.5 cm³/mol. The average molecular weight is 308 g/mol. The number of nitrogens with two attached hydrogens (primary N) is 1. The lowest BCUT2D eigenvalue weighted by Crippen LogP contribution is -2.22. The Morgan fingerprint density at radius 2 is 1.81 bits per heavy atom. The lowest BCUT2D eigenvalue weighted by Gasteiger charge is -2.16. The Hall–Kier alpha value is -1.86. The summed E-state index contributed by atoms with van der Waals surface area (Å²) in [4.78, 5) is 0.271. The monoisotopic (exact) mass is 308 g/mol. The van der Waals surface area contributed by atoms with Gasteiger partial charge >= 0.3 is 0 Å². The van der Waals surface area contributed by atoms with Crippen molar-refractivity contribution in [2.75, 3.05) is 19.8 Å². The fraction of sp³-hybridized carbons (Fsp3) is 0.357. The molecule has 1 unspecified atom stereocenters. The highest BCUT2D eigenvalue weighted by atomic mass is 32.2. The van der Waals surface area contributed by atoms with Crippen LogP contribution in [0.25, 0.3) is 0 Å². The second-order valence-electron chi connectivity index (χ2n) is 5.19. The molecular weight excluding hydrogens is 288 g/mol. The lowest BCUT2D eigenvalue weighted by molar-refractivity contribution is 0.520. The van der Waals surface area contributed by atoms with Crippen LogP contribution < -0.4 is 5.73 Å². The van der Waals surface area contributed by atoms with Crippen molar-refractivity contribution in [3.8, 4) is 0 Å². The summed E-state index contributed by atoms with van der Waals surface area (Å²) in [6.45, 7) is 3.87. The maximum atomic E-state index is 12.0. The minimum Gasteiger partial charge on any atom is -0.384 e. The Bertz CT molecular complexity index is 733. The van der Waals surface area contributed by atoms with E-state index in [2.05, 4.69) is 5.10 Å². The van der Waals surface area contributed by atoms with Crippen LogP contribution in [-0.4, -0.2) is 36.6 Å². The third-order valence-corrected chi connectivity index (χ3v) is 5.36. The van der Waals surface area contributed by atoms with Crippen molar-refractivity contribution in [3.05, 3.63) is 41.6 Å². The smallest absolute Gasteiger partial charge is 0.242 e. The zero-order valence-electron chi connectivity index (χ0n) is 12.6. The first-order chi connectivity index (χ1) is 9.75. The molecule has 0 radical (unpaired) electrons. The molecule has 0 fully saturated rings. The van der Waals surface area contributed by atoms with E-state index in [9.17, 15) is 8.42 Å². The highest BCUT2D eigenvalue weighted by molar-refractivity contribution is 7.89. The van der Waals surface area contributed by atoms with Crippen LogP contribution in [0.5, 0.6) is 0 Å². The number of aryl methyl sites for hydroxylation is 1. The predicted octanol–water partition coefficient (Wildman–Crippen LogP) is 1.63. The van der Waals surface area contributed by atoms with Gasteiger partial charge in [-0.05, 0) is 31.5 Å². The van der Waals surface area contributed by atoms with Crippen LogP contribution in [0.2, 0.25) is 0 Å². The maximum Gasteiger partial charge on any atom is 0.242 e. The molecule has 2 rings (SSSR count). The lowest BCUT2D eigenvalue weighted by atomic mass is 10.1. The topological polar surface area (TPSA) is 81.2 Å². The SMILES string of the molecule is Cc1cnn(C(C)c2ccc(S(=O)(=O)N(C)C)cc2)c1N. The Labute approximate surface area is 125 Å². The number of benzene rings is 1. The molecule has 0 spiro atoms.